The van der Waals surface area contributed by atoms with Gasteiger partial charge in [0.15, 0.2) is 11.6 Å². The van der Waals surface area contributed by atoms with Crippen molar-refractivity contribution in [2.24, 2.45) is 5.92 Å². The largest absolute Gasteiger partial charge is 0.494 e. The lowest BCUT2D eigenvalue weighted by Gasteiger charge is -2.16. The second kappa shape index (κ2) is 9.76. The van der Waals surface area contributed by atoms with Gasteiger partial charge in [0.25, 0.3) is 0 Å². The average molecular weight is 400 g/mol. The summed E-state index contributed by atoms with van der Waals surface area (Å²) >= 11 is 11.9. The van der Waals surface area contributed by atoms with E-state index in [1.165, 1.54) is 19.2 Å². The Morgan fingerprint density at radius 1 is 1.19 bits per heavy atom. The Morgan fingerprint density at radius 3 is 2.54 bits per heavy atom. The van der Waals surface area contributed by atoms with Crippen molar-refractivity contribution in [1.29, 1.82) is 0 Å². The summed E-state index contributed by atoms with van der Waals surface area (Å²) in [6.07, 6.45) is 0.726. The molecule has 2 rings (SSSR count). The topological polar surface area (TPSA) is 58.6 Å². The number of hydrogen-bond acceptors (Lipinski definition) is 3. The maximum absolute atomic E-state index is 13.7. The third-order valence-electron chi connectivity index (χ3n) is 4.00. The van der Waals surface area contributed by atoms with Crippen molar-refractivity contribution in [2.45, 2.75) is 19.4 Å². The van der Waals surface area contributed by atoms with Gasteiger partial charge in [-0.2, -0.15) is 0 Å². The summed E-state index contributed by atoms with van der Waals surface area (Å²) in [7, 11) is 1.39. The normalized spacial score (nSPS) is 11.9. The SMILES string of the molecule is COc1ccc(CNC(=O)C(CCO)Cc2ccc(Cl)c(Cl)c2)cc1F. The van der Waals surface area contributed by atoms with Crippen molar-refractivity contribution in [3.8, 4) is 5.75 Å². The second-order valence-corrected chi connectivity index (χ2v) is 6.66. The summed E-state index contributed by atoms with van der Waals surface area (Å²) in [5, 5.41) is 12.9. The molecule has 140 valence electrons. The quantitative estimate of drug-likeness (QED) is 0.705. The molecule has 0 aliphatic rings. The number of rotatable bonds is 8. The van der Waals surface area contributed by atoms with Crippen molar-refractivity contribution in [1.82, 2.24) is 5.32 Å². The van der Waals surface area contributed by atoms with Gasteiger partial charge < -0.3 is 15.2 Å². The van der Waals surface area contributed by atoms with E-state index in [9.17, 15) is 14.3 Å². The van der Waals surface area contributed by atoms with Crippen LogP contribution in [0.15, 0.2) is 36.4 Å². The highest BCUT2D eigenvalue weighted by atomic mass is 35.5. The number of carbonyl (C=O) groups excluding carboxylic acids is 1. The molecule has 0 bridgehead atoms. The number of methoxy groups -OCH3 is 1. The molecule has 0 radical (unpaired) electrons. The summed E-state index contributed by atoms with van der Waals surface area (Å²) in [5.74, 6) is -0.985. The first-order chi connectivity index (χ1) is 12.4. The fourth-order valence-electron chi connectivity index (χ4n) is 2.59. The lowest BCUT2D eigenvalue weighted by Crippen LogP contribution is -2.32. The Kier molecular flexibility index (Phi) is 7.69. The molecule has 0 aliphatic heterocycles. The molecule has 0 saturated carbocycles. The molecule has 1 unspecified atom stereocenters. The van der Waals surface area contributed by atoms with Crippen LogP contribution in [-0.4, -0.2) is 24.7 Å². The van der Waals surface area contributed by atoms with E-state index >= 15 is 0 Å². The number of amides is 1. The smallest absolute Gasteiger partial charge is 0.223 e. The van der Waals surface area contributed by atoms with Gasteiger partial charge in [-0.3, -0.25) is 4.79 Å². The van der Waals surface area contributed by atoms with E-state index in [2.05, 4.69) is 5.32 Å². The molecule has 26 heavy (non-hydrogen) atoms. The summed E-state index contributed by atoms with van der Waals surface area (Å²) in [6, 6.07) is 9.69. The number of benzene rings is 2. The zero-order valence-corrected chi connectivity index (χ0v) is 15.8. The third-order valence-corrected chi connectivity index (χ3v) is 4.74. The summed E-state index contributed by atoms with van der Waals surface area (Å²) in [4.78, 5) is 12.5. The van der Waals surface area contributed by atoms with Crippen LogP contribution < -0.4 is 10.1 Å². The fraction of sp³-hybridized carbons (Fsp3) is 0.316. The van der Waals surface area contributed by atoms with E-state index in [0.29, 0.717) is 28.5 Å². The summed E-state index contributed by atoms with van der Waals surface area (Å²) in [5.41, 5.74) is 1.47. The van der Waals surface area contributed by atoms with Crippen LogP contribution in [0.1, 0.15) is 17.5 Å². The molecule has 2 aromatic rings. The molecule has 0 aromatic heterocycles. The molecule has 0 fully saturated rings. The van der Waals surface area contributed by atoms with E-state index in [4.69, 9.17) is 27.9 Å². The molecule has 2 aromatic carbocycles. The van der Waals surface area contributed by atoms with Crippen molar-refractivity contribution < 1.29 is 19.0 Å². The van der Waals surface area contributed by atoms with Crippen LogP contribution in [-0.2, 0) is 17.8 Å². The number of nitrogens with one attached hydrogen (secondary N) is 1. The number of hydrogen-bond donors (Lipinski definition) is 2. The molecule has 0 heterocycles. The lowest BCUT2D eigenvalue weighted by molar-refractivity contribution is -0.125. The first-order valence-electron chi connectivity index (χ1n) is 8.09. The Balaban J connectivity index is 2.01. The molecule has 1 atom stereocenters. The average Bonchev–Trinajstić information content (AvgIpc) is 2.62. The Morgan fingerprint density at radius 2 is 1.92 bits per heavy atom. The molecule has 0 aliphatic carbocycles. The molecule has 0 spiro atoms. The zero-order chi connectivity index (χ0) is 19.1. The van der Waals surface area contributed by atoms with Crippen molar-refractivity contribution >= 4 is 29.1 Å². The van der Waals surface area contributed by atoms with Crippen molar-refractivity contribution in [3.63, 3.8) is 0 Å². The van der Waals surface area contributed by atoms with Gasteiger partial charge in [-0.05, 0) is 48.2 Å². The van der Waals surface area contributed by atoms with E-state index in [1.54, 1.807) is 24.3 Å². The number of aliphatic hydroxyl groups is 1. The van der Waals surface area contributed by atoms with Crippen LogP contribution in [0.3, 0.4) is 0 Å². The highest BCUT2D eigenvalue weighted by Crippen LogP contribution is 2.24. The first-order valence-corrected chi connectivity index (χ1v) is 8.85. The van der Waals surface area contributed by atoms with Crippen LogP contribution >= 0.6 is 23.2 Å². The summed E-state index contributed by atoms with van der Waals surface area (Å²) < 4.78 is 18.6. The van der Waals surface area contributed by atoms with Gasteiger partial charge in [-0.25, -0.2) is 4.39 Å². The molecule has 1 amide bonds. The Labute approximate surface area is 161 Å². The number of carbonyl (C=O) groups is 1. The van der Waals surface area contributed by atoms with Gasteiger partial charge in [-0.1, -0.05) is 35.3 Å². The van der Waals surface area contributed by atoms with Crippen LogP contribution in [0.2, 0.25) is 10.0 Å². The predicted molar refractivity (Wildman–Crippen MR) is 100 cm³/mol. The van der Waals surface area contributed by atoms with E-state index in [1.807, 2.05) is 0 Å². The van der Waals surface area contributed by atoms with Crippen LogP contribution in [0.25, 0.3) is 0 Å². The molecule has 0 saturated heterocycles. The number of aliphatic hydroxyl groups excluding tert-OH is 1. The maximum Gasteiger partial charge on any atom is 0.223 e. The first kappa shape index (κ1) is 20.5. The minimum atomic E-state index is -0.484. The van der Waals surface area contributed by atoms with E-state index in [-0.39, 0.29) is 24.8 Å². The van der Waals surface area contributed by atoms with Gasteiger partial charge in [0, 0.05) is 19.1 Å². The van der Waals surface area contributed by atoms with Crippen LogP contribution in [0.5, 0.6) is 5.75 Å². The molecule has 2 N–H and O–H groups in total. The van der Waals surface area contributed by atoms with Crippen molar-refractivity contribution in [3.05, 3.63) is 63.4 Å². The molecule has 4 nitrogen and oxygen atoms in total. The minimum absolute atomic E-state index is 0.115. The maximum atomic E-state index is 13.7. The van der Waals surface area contributed by atoms with Gasteiger partial charge >= 0.3 is 0 Å². The summed E-state index contributed by atoms with van der Waals surface area (Å²) in [6.45, 7) is 0.0691. The van der Waals surface area contributed by atoms with E-state index in [0.717, 1.165) is 5.56 Å². The molecular weight excluding hydrogens is 380 g/mol. The zero-order valence-electron chi connectivity index (χ0n) is 14.3. The van der Waals surface area contributed by atoms with Gasteiger partial charge in [0.05, 0.1) is 17.2 Å². The monoisotopic (exact) mass is 399 g/mol. The molecular formula is C19H20Cl2FNO3. The van der Waals surface area contributed by atoms with E-state index < -0.39 is 11.7 Å². The number of ether oxygens (including phenoxy) is 1. The number of halogens is 3. The fourth-order valence-corrected chi connectivity index (χ4v) is 2.91. The Hall–Kier alpha value is -1.82. The highest BCUT2D eigenvalue weighted by molar-refractivity contribution is 6.42. The minimum Gasteiger partial charge on any atom is -0.494 e. The Bertz CT molecular complexity index is 770. The van der Waals surface area contributed by atoms with Crippen LogP contribution in [0.4, 0.5) is 4.39 Å². The lowest BCUT2D eigenvalue weighted by atomic mass is 9.95. The van der Waals surface area contributed by atoms with Gasteiger partial charge in [0.2, 0.25) is 5.91 Å². The second-order valence-electron chi connectivity index (χ2n) is 5.85. The van der Waals surface area contributed by atoms with Gasteiger partial charge in [0.1, 0.15) is 0 Å². The standard InChI is InChI=1S/C19H20Cl2FNO3/c1-26-18-5-3-13(10-17(18)22)11-23-19(25)14(6-7-24)8-12-2-4-15(20)16(21)9-12/h2-5,9-10,14,24H,6-8,11H2,1H3,(H,23,25). The predicted octanol–water partition coefficient (Wildman–Crippen LogP) is 4.00. The third kappa shape index (κ3) is 5.59. The highest BCUT2D eigenvalue weighted by Gasteiger charge is 2.19. The molecule has 7 heteroatoms. The van der Waals surface area contributed by atoms with Gasteiger partial charge in [-0.15, -0.1) is 0 Å². The van der Waals surface area contributed by atoms with Crippen molar-refractivity contribution in [2.75, 3.05) is 13.7 Å². The van der Waals surface area contributed by atoms with Crippen LogP contribution in [0, 0.1) is 11.7 Å².